The molecule has 2 unspecified atom stereocenters. The van der Waals surface area contributed by atoms with Crippen LogP contribution < -0.4 is 5.32 Å². The SMILES string of the molecule is CC1CC(C)CC(OCc2csc(CNC3CC3)n2)C1. The highest BCUT2D eigenvalue weighted by molar-refractivity contribution is 7.09. The third-order valence-electron chi connectivity index (χ3n) is 4.32. The first kappa shape index (κ1) is 14.5. The molecule has 1 aromatic heterocycles. The number of thiazole rings is 1. The number of nitrogens with one attached hydrogen (secondary N) is 1. The van der Waals surface area contributed by atoms with E-state index in [1.165, 1.54) is 37.1 Å². The molecule has 0 amide bonds. The molecule has 0 aliphatic heterocycles. The van der Waals surface area contributed by atoms with Gasteiger partial charge >= 0.3 is 0 Å². The van der Waals surface area contributed by atoms with Crippen molar-refractivity contribution < 1.29 is 4.74 Å². The number of rotatable bonds is 6. The number of hydrogen-bond acceptors (Lipinski definition) is 4. The van der Waals surface area contributed by atoms with E-state index >= 15 is 0 Å². The zero-order chi connectivity index (χ0) is 13.9. The molecule has 0 radical (unpaired) electrons. The van der Waals surface area contributed by atoms with Crippen molar-refractivity contribution in [2.24, 2.45) is 11.8 Å². The molecule has 2 saturated carbocycles. The summed E-state index contributed by atoms with van der Waals surface area (Å²) in [5.74, 6) is 1.61. The van der Waals surface area contributed by atoms with Gasteiger partial charge in [0.15, 0.2) is 0 Å². The lowest BCUT2D eigenvalue weighted by Gasteiger charge is -2.31. The monoisotopic (exact) mass is 294 g/mol. The summed E-state index contributed by atoms with van der Waals surface area (Å²) < 4.78 is 6.08. The summed E-state index contributed by atoms with van der Waals surface area (Å²) in [7, 11) is 0. The van der Waals surface area contributed by atoms with Crippen LogP contribution in [0, 0.1) is 11.8 Å². The van der Waals surface area contributed by atoms with Gasteiger partial charge in [0.25, 0.3) is 0 Å². The van der Waals surface area contributed by atoms with Crippen LogP contribution in [-0.2, 0) is 17.9 Å². The van der Waals surface area contributed by atoms with E-state index in [4.69, 9.17) is 4.74 Å². The minimum absolute atomic E-state index is 0.434. The van der Waals surface area contributed by atoms with Gasteiger partial charge in [-0.25, -0.2) is 4.98 Å². The molecule has 0 aromatic carbocycles. The number of aromatic nitrogens is 1. The van der Waals surface area contributed by atoms with E-state index in [9.17, 15) is 0 Å². The predicted molar refractivity (Wildman–Crippen MR) is 82.7 cm³/mol. The molecule has 4 heteroatoms. The minimum atomic E-state index is 0.434. The molecule has 2 aliphatic carbocycles. The molecule has 3 nitrogen and oxygen atoms in total. The van der Waals surface area contributed by atoms with E-state index in [2.05, 4.69) is 29.5 Å². The highest BCUT2D eigenvalue weighted by Crippen LogP contribution is 2.30. The molecular weight excluding hydrogens is 268 g/mol. The molecule has 1 N–H and O–H groups in total. The Bertz CT molecular complexity index is 420. The number of hydrogen-bond donors (Lipinski definition) is 1. The fourth-order valence-electron chi connectivity index (χ4n) is 3.23. The molecule has 2 atom stereocenters. The van der Waals surface area contributed by atoms with Crippen molar-refractivity contribution in [3.05, 3.63) is 16.1 Å². The van der Waals surface area contributed by atoms with Gasteiger partial charge in [-0.3, -0.25) is 0 Å². The van der Waals surface area contributed by atoms with Crippen molar-refractivity contribution in [2.75, 3.05) is 0 Å². The van der Waals surface area contributed by atoms with Crippen LogP contribution in [0.2, 0.25) is 0 Å². The van der Waals surface area contributed by atoms with Gasteiger partial charge in [0.1, 0.15) is 5.01 Å². The Morgan fingerprint density at radius 2 is 2.00 bits per heavy atom. The summed E-state index contributed by atoms with van der Waals surface area (Å²) in [6.07, 6.45) is 6.88. The molecule has 3 rings (SSSR count). The topological polar surface area (TPSA) is 34.1 Å². The van der Waals surface area contributed by atoms with Crippen LogP contribution in [0.3, 0.4) is 0 Å². The Kier molecular flexibility index (Phi) is 4.74. The lowest BCUT2D eigenvalue weighted by molar-refractivity contribution is -0.0103. The van der Waals surface area contributed by atoms with Crippen LogP contribution in [0.1, 0.15) is 56.7 Å². The maximum Gasteiger partial charge on any atom is 0.107 e. The average Bonchev–Trinajstić information content (AvgIpc) is 3.12. The maximum absolute atomic E-state index is 6.08. The summed E-state index contributed by atoms with van der Waals surface area (Å²) in [4.78, 5) is 4.66. The fourth-order valence-corrected chi connectivity index (χ4v) is 3.96. The molecule has 0 bridgehead atoms. The third kappa shape index (κ3) is 4.27. The zero-order valence-corrected chi connectivity index (χ0v) is 13.4. The van der Waals surface area contributed by atoms with E-state index in [0.29, 0.717) is 12.7 Å². The van der Waals surface area contributed by atoms with Crippen LogP contribution in [0.15, 0.2) is 5.38 Å². The van der Waals surface area contributed by atoms with E-state index in [-0.39, 0.29) is 0 Å². The summed E-state index contributed by atoms with van der Waals surface area (Å²) >= 11 is 1.75. The van der Waals surface area contributed by atoms with Crippen LogP contribution in [0.4, 0.5) is 0 Å². The highest BCUT2D eigenvalue weighted by atomic mass is 32.1. The Balaban J connectivity index is 1.43. The number of nitrogens with zero attached hydrogens (tertiary/aromatic N) is 1. The van der Waals surface area contributed by atoms with Crippen molar-refractivity contribution >= 4 is 11.3 Å². The first-order valence-electron chi connectivity index (χ1n) is 7.97. The Morgan fingerprint density at radius 1 is 1.25 bits per heavy atom. The third-order valence-corrected chi connectivity index (χ3v) is 5.22. The van der Waals surface area contributed by atoms with Crippen LogP contribution in [0.25, 0.3) is 0 Å². The van der Waals surface area contributed by atoms with Crippen LogP contribution in [0.5, 0.6) is 0 Å². The van der Waals surface area contributed by atoms with Gasteiger partial charge < -0.3 is 10.1 Å². The highest BCUT2D eigenvalue weighted by Gasteiger charge is 2.24. The van der Waals surface area contributed by atoms with Crippen molar-refractivity contribution in [1.29, 1.82) is 0 Å². The lowest BCUT2D eigenvalue weighted by atomic mass is 9.82. The molecule has 0 saturated heterocycles. The molecule has 20 heavy (non-hydrogen) atoms. The Labute approximate surface area is 126 Å². The van der Waals surface area contributed by atoms with Crippen molar-refractivity contribution in [2.45, 2.75) is 71.2 Å². The fraction of sp³-hybridized carbons (Fsp3) is 0.812. The van der Waals surface area contributed by atoms with Gasteiger partial charge in [-0.15, -0.1) is 11.3 Å². The molecule has 2 fully saturated rings. The smallest absolute Gasteiger partial charge is 0.107 e. The second-order valence-corrected chi connectivity index (χ2v) is 7.68. The van der Waals surface area contributed by atoms with E-state index in [1.807, 2.05) is 0 Å². The number of ether oxygens (including phenoxy) is 1. The molecular formula is C16H26N2OS. The van der Waals surface area contributed by atoms with Crippen molar-refractivity contribution in [3.8, 4) is 0 Å². The lowest BCUT2D eigenvalue weighted by Crippen LogP contribution is -2.26. The largest absolute Gasteiger partial charge is 0.372 e. The predicted octanol–water partition coefficient (Wildman–Crippen LogP) is 3.74. The van der Waals surface area contributed by atoms with E-state index in [0.717, 1.165) is 30.1 Å². The Morgan fingerprint density at radius 3 is 2.70 bits per heavy atom. The average molecular weight is 294 g/mol. The summed E-state index contributed by atoms with van der Waals surface area (Å²) in [5, 5.41) is 6.86. The van der Waals surface area contributed by atoms with Crippen LogP contribution in [-0.4, -0.2) is 17.1 Å². The summed E-state index contributed by atoms with van der Waals surface area (Å²) in [6, 6.07) is 0.754. The van der Waals surface area contributed by atoms with Gasteiger partial charge in [-0.05, 0) is 43.9 Å². The maximum atomic E-state index is 6.08. The first-order chi connectivity index (χ1) is 9.69. The van der Waals surface area contributed by atoms with Gasteiger partial charge in [-0.2, -0.15) is 0 Å². The molecule has 2 aliphatic rings. The quantitative estimate of drug-likeness (QED) is 0.868. The molecule has 1 aromatic rings. The van der Waals surface area contributed by atoms with Crippen molar-refractivity contribution in [1.82, 2.24) is 10.3 Å². The molecule has 1 heterocycles. The van der Waals surface area contributed by atoms with Gasteiger partial charge in [0.05, 0.1) is 18.4 Å². The molecule has 0 spiro atoms. The van der Waals surface area contributed by atoms with Crippen LogP contribution >= 0.6 is 11.3 Å². The normalized spacial score (nSPS) is 30.6. The standard InChI is InChI=1S/C16H26N2OS/c1-11-5-12(2)7-15(6-11)19-9-14-10-20-16(18-14)8-17-13-3-4-13/h10-13,15,17H,3-9H2,1-2H3. The summed E-state index contributed by atoms with van der Waals surface area (Å²) in [5.41, 5.74) is 1.11. The first-order valence-corrected chi connectivity index (χ1v) is 8.85. The minimum Gasteiger partial charge on any atom is -0.372 e. The van der Waals surface area contributed by atoms with E-state index < -0.39 is 0 Å². The molecule has 112 valence electrons. The Hall–Kier alpha value is -0.450. The second kappa shape index (κ2) is 6.54. The van der Waals surface area contributed by atoms with E-state index in [1.54, 1.807) is 11.3 Å². The van der Waals surface area contributed by atoms with Gasteiger partial charge in [-0.1, -0.05) is 13.8 Å². The summed E-state index contributed by atoms with van der Waals surface area (Å²) in [6.45, 7) is 6.30. The van der Waals surface area contributed by atoms with Gasteiger partial charge in [0.2, 0.25) is 0 Å². The second-order valence-electron chi connectivity index (χ2n) is 6.74. The van der Waals surface area contributed by atoms with Gasteiger partial charge in [0, 0.05) is 18.0 Å². The van der Waals surface area contributed by atoms with Crippen molar-refractivity contribution in [3.63, 3.8) is 0 Å². The zero-order valence-electron chi connectivity index (χ0n) is 12.6.